The van der Waals surface area contributed by atoms with E-state index in [-0.39, 0.29) is 48.4 Å². The number of benzene rings is 2. The molecule has 1 aromatic heterocycles. The van der Waals surface area contributed by atoms with Crippen LogP contribution in [-0.2, 0) is 11.2 Å². The number of amides is 1. The third-order valence-corrected chi connectivity index (χ3v) is 12.3. The van der Waals surface area contributed by atoms with Crippen molar-refractivity contribution in [1.29, 1.82) is 0 Å². The number of hydrogen-bond donors (Lipinski definition) is 3. The van der Waals surface area contributed by atoms with E-state index in [0.717, 1.165) is 62.6 Å². The fraction of sp³-hybridized carbons (Fsp3) is 0.634. The summed E-state index contributed by atoms with van der Waals surface area (Å²) in [5.41, 5.74) is 2.30. The van der Waals surface area contributed by atoms with E-state index in [1.807, 2.05) is 6.07 Å². The number of phenols is 1. The summed E-state index contributed by atoms with van der Waals surface area (Å²) in [7, 11) is 0. The summed E-state index contributed by atoms with van der Waals surface area (Å²) in [6.45, 7) is 10.7. The molecule has 11 nitrogen and oxygen atoms in total. The molecule has 13 heteroatoms. The average Bonchev–Trinajstić information content (AvgIpc) is 3.70. The molecule has 3 N–H and O–H groups in total. The predicted molar refractivity (Wildman–Crippen MR) is 202 cm³/mol. The van der Waals surface area contributed by atoms with Gasteiger partial charge in [0.1, 0.15) is 35.5 Å². The van der Waals surface area contributed by atoms with Gasteiger partial charge in [-0.2, -0.15) is 9.97 Å². The highest BCUT2D eigenvalue weighted by atomic mass is 19.1. The van der Waals surface area contributed by atoms with Gasteiger partial charge in [-0.05, 0) is 113 Å². The summed E-state index contributed by atoms with van der Waals surface area (Å²) >= 11 is 0. The Balaban J connectivity index is 1.10. The molecule has 8 rings (SSSR count). The zero-order chi connectivity index (χ0) is 37.9. The number of carbonyl (C=O) groups is 1. The van der Waals surface area contributed by atoms with Gasteiger partial charge in [0.15, 0.2) is 5.82 Å². The Morgan fingerprint density at radius 1 is 1.09 bits per heavy atom. The van der Waals surface area contributed by atoms with Crippen LogP contribution >= 0.6 is 0 Å². The number of aliphatic hydroxyl groups excluding tert-OH is 1. The number of alkyl halides is 1. The lowest BCUT2D eigenvalue weighted by Gasteiger charge is -2.42. The Kier molecular flexibility index (Phi) is 9.87. The molecule has 0 radical (unpaired) electrons. The van der Waals surface area contributed by atoms with Crippen LogP contribution < -0.4 is 15.0 Å². The number of ether oxygens (including phenoxy) is 2. The van der Waals surface area contributed by atoms with Crippen molar-refractivity contribution in [2.75, 3.05) is 50.8 Å². The van der Waals surface area contributed by atoms with E-state index < -0.39 is 35.3 Å². The van der Waals surface area contributed by atoms with E-state index in [9.17, 15) is 19.4 Å². The quantitative estimate of drug-likeness (QED) is 0.238. The van der Waals surface area contributed by atoms with Crippen LogP contribution in [0.5, 0.6) is 11.8 Å². The number of nitrogens with one attached hydrogen (secondary N) is 1. The van der Waals surface area contributed by atoms with Gasteiger partial charge in [-0.3, -0.25) is 9.80 Å². The maximum Gasteiger partial charge on any atom is 0.407 e. The highest BCUT2D eigenvalue weighted by Gasteiger charge is 2.49. The highest BCUT2D eigenvalue weighted by Crippen LogP contribution is 2.45. The maximum atomic E-state index is 17.1. The van der Waals surface area contributed by atoms with E-state index >= 15 is 4.39 Å². The van der Waals surface area contributed by atoms with E-state index in [4.69, 9.17) is 19.4 Å². The van der Waals surface area contributed by atoms with Crippen molar-refractivity contribution in [2.45, 2.75) is 120 Å². The van der Waals surface area contributed by atoms with Crippen molar-refractivity contribution >= 4 is 22.8 Å². The number of aliphatic hydroxyl groups is 1. The van der Waals surface area contributed by atoms with Crippen molar-refractivity contribution in [1.82, 2.24) is 25.1 Å². The van der Waals surface area contributed by atoms with Crippen LogP contribution in [0.1, 0.15) is 89.7 Å². The minimum Gasteiger partial charge on any atom is -0.508 e. The topological polar surface area (TPSA) is 124 Å². The number of nitrogens with zero attached hydrogens (tertiary/aromatic N) is 5. The lowest BCUT2D eigenvalue weighted by molar-refractivity contribution is 0.0433. The molecule has 5 aliphatic rings. The molecule has 2 bridgehead atoms. The van der Waals surface area contributed by atoms with Crippen molar-refractivity contribution in [3.05, 3.63) is 41.2 Å². The minimum absolute atomic E-state index is 0.0711. The number of piperazine rings is 1. The lowest BCUT2D eigenvalue weighted by atomic mass is 9.79. The third kappa shape index (κ3) is 7.19. The summed E-state index contributed by atoms with van der Waals surface area (Å²) in [6, 6.07) is 7.45. The van der Waals surface area contributed by atoms with Crippen LogP contribution in [-0.4, -0.2) is 117 Å². The largest absolute Gasteiger partial charge is 0.508 e. The van der Waals surface area contributed by atoms with Gasteiger partial charge in [0.2, 0.25) is 0 Å². The fourth-order valence-electron chi connectivity index (χ4n) is 10.0. The number of hydrogen-bond acceptors (Lipinski definition) is 10. The summed E-state index contributed by atoms with van der Waals surface area (Å²) < 4.78 is 43.5. The van der Waals surface area contributed by atoms with Crippen LogP contribution in [0.2, 0.25) is 0 Å². The van der Waals surface area contributed by atoms with Crippen LogP contribution in [0.25, 0.3) is 22.0 Å². The van der Waals surface area contributed by atoms with E-state index in [1.54, 1.807) is 39.0 Å². The average molecular weight is 749 g/mol. The molecular formula is C41H54F2N6O5. The Labute approximate surface area is 316 Å². The molecule has 0 spiro atoms. The molecule has 3 aromatic rings. The third-order valence-electron chi connectivity index (χ3n) is 12.3. The molecule has 1 amide bonds. The summed E-state index contributed by atoms with van der Waals surface area (Å²) in [5.74, 6) is 0.439. The smallest absolute Gasteiger partial charge is 0.407 e. The molecule has 54 heavy (non-hydrogen) atoms. The molecule has 0 saturated carbocycles. The molecule has 1 aliphatic carbocycles. The van der Waals surface area contributed by atoms with Gasteiger partial charge in [-0.1, -0.05) is 13.0 Å². The number of anilines is 1. The van der Waals surface area contributed by atoms with Gasteiger partial charge in [0.25, 0.3) is 0 Å². The molecular weight excluding hydrogens is 694 g/mol. The minimum atomic E-state index is -0.907. The van der Waals surface area contributed by atoms with Crippen molar-refractivity contribution in [3.8, 4) is 22.9 Å². The number of carbonyl (C=O) groups excluding carboxylic acids is 1. The fourth-order valence-corrected chi connectivity index (χ4v) is 10.0. The normalized spacial score (nSPS) is 27.6. The molecule has 2 aromatic carbocycles. The Hall–Kier alpha value is -3.81. The summed E-state index contributed by atoms with van der Waals surface area (Å²) in [5, 5.41) is 24.9. The Morgan fingerprint density at radius 2 is 1.87 bits per heavy atom. The van der Waals surface area contributed by atoms with Crippen molar-refractivity contribution in [3.63, 3.8) is 0 Å². The maximum absolute atomic E-state index is 17.1. The Morgan fingerprint density at radius 3 is 2.63 bits per heavy atom. The Bertz CT molecular complexity index is 1890. The predicted octanol–water partition coefficient (Wildman–Crippen LogP) is 6.08. The molecule has 4 aliphatic heterocycles. The highest BCUT2D eigenvalue weighted by molar-refractivity contribution is 5.94. The van der Waals surface area contributed by atoms with Gasteiger partial charge in [0.05, 0.1) is 11.6 Å². The first kappa shape index (κ1) is 37.1. The van der Waals surface area contributed by atoms with Crippen LogP contribution in [0.4, 0.5) is 19.4 Å². The zero-order valence-electron chi connectivity index (χ0n) is 31.9. The summed E-state index contributed by atoms with van der Waals surface area (Å²) in [4.78, 5) is 28.6. The van der Waals surface area contributed by atoms with Crippen molar-refractivity contribution < 1.29 is 33.3 Å². The van der Waals surface area contributed by atoms with Gasteiger partial charge in [0, 0.05) is 62.2 Å². The number of alkyl carbamates (subject to hydrolysis) is 1. The summed E-state index contributed by atoms with van der Waals surface area (Å²) in [6.07, 6.45) is 4.68. The van der Waals surface area contributed by atoms with Crippen LogP contribution in [0, 0.1) is 5.82 Å². The second-order valence-electron chi connectivity index (χ2n) is 17.4. The number of rotatable bonds is 9. The first-order valence-electron chi connectivity index (χ1n) is 19.8. The molecule has 4 fully saturated rings. The molecule has 4 unspecified atom stereocenters. The second kappa shape index (κ2) is 14.4. The standard InChI is InChI=1S/C41H54F2N6O5/c1-24-7-5-8-25-15-29(50)16-33(34(24)25)31-11-12-32-36(35(31)43)45-38(53-23-41-13-6-14-48(41)19-26(42)17-41)46-37(32)47-20-27-9-10-28(21-47)49(27)22-30(51)18-44-39(52)54-40(2,3)4/h11-12,15-16,24,26-28,30,50-51H,5-10,13-14,17-23H2,1-4H3,(H,44,52)/t24?,26-,27?,28?,30?,41+/m1/s1. The van der Waals surface area contributed by atoms with Crippen LogP contribution in [0.3, 0.4) is 0 Å². The van der Waals surface area contributed by atoms with E-state index in [0.29, 0.717) is 54.9 Å². The molecule has 6 atom stereocenters. The van der Waals surface area contributed by atoms with Gasteiger partial charge < -0.3 is 29.9 Å². The van der Waals surface area contributed by atoms with E-state index in [2.05, 4.69) is 26.9 Å². The van der Waals surface area contributed by atoms with Crippen molar-refractivity contribution in [2.24, 2.45) is 0 Å². The first-order valence-corrected chi connectivity index (χ1v) is 19.8. The monoisotopic (exact) mass is 748 g/mol. The number of aryl methyl sites for hydroxylation is 1. The number of fused-ring (bicyclic) bond motifs is 5. The van der Waals surface area contributed by atoms with Crippen LogP contribution in [0.15, 0.2) is 24.3 Å². The SMILES string of the molecule is CC1CCCc2cc(O)cc(-c3ccc4c(N5CC6CCC(C5)N6CC(O)CNC(=O)OC(C)(C)C)nc(OC[C@@]56CCCN5C[C@H](F)C6)nc4c3F)c21. The molecule has 4 saturated heterocycles. The zero-order valence-corrected chi connectivity index (χ0v) is 31.9. The van der Waals surface area contributed by atoms with Gasteiger partial charge in [-0.25, -0.2) is 13.6 Å². The second-order valence-corrected chi connectivity index (χ2v) is 17.4. The van der Waals surface area contributed by atoms with E-state index in [1.165, 1.54) is 0 Å². The lowest BCUT2D eigenvalue weighted by Crippen LogP contribution is -2.56. The number of phenolic OH excluding ortho intramolecular Hbond substituents is 1. The number of aromatic nitrogens is 2. The number of halogens is 2. The van der Waals surface area contributed by atoms with Gasteiger partial charge in [-0.15, -0.1) is 0 Å². The number of aromatic hydroxyl groups is 1. The first-order chi connectivity index (χ1) is 25.8. The van der Waals surface area contributed by atoms with Gasteiger partial charge >= 0.3 is 12.1 Å². The molecule has 292 valence electrons. The molecule has 5 heterocycles.